The van der Waals surface area contributed by atoms with Gasteiger partial charge in [0.1, 0.15) is 12.4 Å². The van der Waals surface area contributed by atoms with E-state index in [-0.39, 0.29) is 34.2 Å². The molecule has 0 bridgehead atoms. The van der Waals surface area contributed by atoms with Crippen molar-refractivity contribution in [3.8, 4) is 5.75 Å². The molecule has 38 heavy (non-hydrogen) atoms. The Hall–Kier alpha value is -2.60. The van der Waals surface area contributed by atoms with Crippen molar-refractivity contribution < 1.29 is 9.66 Å². The van der Waals surface area contributed by atoms with Crippen LogP contribution in [0.5, 0.6) is 5.75 Å². The van der Waals surface area contributed by atoms with E-state index in [4.69, 9.17) is 21.3 Å². The van der Waals surface area contributed by atoms with Crippen molar-refractivity contribution in [2.45, 2.75) is 32.8 Å². The third-order valence-electron chi connectivity index (χ3n) is 5.44. The summed E-state index contributed by atoms with van der Waals surface area (Å²) in [5.74, 6) is 0.395. The van der Waals surface area contributed by atoms with E-state index < -0.39 is 10.3 Å². The number of hydrogen-bond donors (Lipinski definition) is 0. The van der Waals surface area contributed by atoms with Crippen molar-refractivity contribution in [2.24, 2.45) is 5.10 Å². The first-order valence-corrected chi connectivity index (χ1v) is 13.9. The van der Waals surface area contributed by atoms with Crippen LogP contribution in [-0.4, -0.2) is 20.8 Å². The van der Waals surface area contributed by atoms with Gasteiger partial charge in [-0.05, 0) is 36.4 Å². The zero-order valence-corrected chi connectivity index (χ0v) is 25.9. The van der Waals surface area contributed by atoms with Gasteiger partial charge in [-0.1, -0.05) is 86.2 Å². The van der Waals surface area contributed by atoms with Crippen molar-refractivity contribution in [2.75, 3.05) is 0 Å². The fourth-order valence-corrected chi connectivity index (χ4v) is 5.38. The Balaban J connectivity index is 1.86. The van der Waals surface area contributed by atoms with Gasteiger partial charge in [0.25, 0.3) is 5.56 Å². The van der Waals surface area contributed by atoms with Gasteiger partial charge < -0.3 is 4.74 Å². The molecule has 0 unspecified atom stereocenters. The number of fused-ring (bicyclic) bond motifs is 1. The second-order valence-electron chi connectivity index (χ2n) is 9.33. The van der Waals surface area contributed by atoms with Gasteiger partial charge in [-0.15, -0.1) is 0 Å². The molecule has 0 amide bonds. The monoisotopic (exact) mass is 724 g/mol. The SMILES string of the molecule is CC(C)(C)c1nc2ccc(Br)cc2c(=O)n1N=Cc1cc(Cl)cc([N+](=O)[O-])c1OCc1ccc(Br)cc1Br. The summed E-state index contributed by atoms with van der Waals surface area (Å²) in [5, 5.41) is 16.8. The van der Waals surface area contributed by atoms with Crippen LogP contribution in [0.1, 0.15) is 37.7 Å². The average Bonchev–Trinajstić information content (AvgIpc) is 2.83. The van der Waals surface area contributed by atoms with E-state index in [9.17, 15) is 14.9 Å². The highest BCUT2D eigenvalue weighted by Crippen LogP contribution is 2.35. The van der Waals surface area contributed by atoms with E-state index >= 15 is 0 Å². The summed E-state index contributed by atoms with van der Waals surface area (Å²) in [6.07, 6.45) is 1.33. The Kier molecular flexibility index (Phi) is 8.41. The Bertz CT molecular complexity index is 1670. The molecule has 0 spiro atoms. The molecule has 4 rings (SSSR count). The molecule has 0 aliphatic rings. The molecule has 1 aromatic heterocycles. The zero-order valence-electron chi connectivity index (χ0n) is 20.3. The lowest BCUT2D eigenvalue weighted by Crippen LogP contribution is -2.29. The van der Waals surface area contributed by atoms with E-state index in [1.165, 1.54) is 23.0 Å². The minimum atomic E-state index is -0.572. The number of benzene rings is 3. The number of hydrogen-bond acceptors (Lipinski definition) is 6. The van der Waals surface area contributed by atoms with E-state index in [0.717, 1.165) is 19.0 Å². The molecule has 3 aromatic carbocycles. The summed E-state index contributed by atoms with van der Waals surface area (Å²) in [7, 11) is 0. The predicted octanol–water partition coefficient (Wildman–Crippen LogP) is 8.00. The molecule has 0 atom stereocenters. The summed E-state index contributed by atoms with van der Waals surface area (Å²) < 4.78 is 9.52. The fraction of sp³-hybridized carbons (Fsp3) is 0.192. The van der Waals surface area contributed by atoms with Gasteiger partial charge in [-0.2, -0.15) is 9.78 Å². The van der Waals surface area contributed by atoms with Crippen molar-refractivity contribution in [3.05, 3.63) is 104 Å². The van der Waals surface area contributed by atoms with Crippen LogP contribution in [-0.2, 0) is 12.0 Å². The van der Waals surface area contributed by atoms with Gasteiger partial charge in [-0.3, -0.25) is 14.9 Å². The zero-order chi connectivity index (χ0) is 27.8. The van der Waals surface area contributed by atoms with Crippen molar-refractivity contribution in [1.82, 2.24) is 9.66 Å². The van der Waals surface area contributed by atoms with Gasteiger partial charge in [0.2, 0.25) is 5.75 Å². The quantitative estimate of drug-likeness (QED) is 0.114. The van der Waals surface area contributed by atoms with E-state index in [2.05, 4.69) is 52.9 Å². The first kappa shape index (κ1) is 28.4. The Labute approximate surface area is 248 Å². The lowest BCUT2D eigenvalue weighted by atomic mass is 9.95. The maximum Gasteiger partial charge on any atom is 0.313 e. The van der Waals surface area contributed by atoms with Crippen LogP contribution in [0.3, 0.4) is 0 Å². The summed E-state index contributed by atoms with van der Waals surface area (Å²) in [6, 6.07) is 13.5. The maximum absolute atomic E-state index is 13.5. The Morgan fingerprint density at radius 1 is 1.11 bits per heavy atom. The Morgan fingerprint density at radius 2 is 1.79 bits per heavy atom. The second kappa shape index (κ2) is 11.3. The van der Waals surface area contributed by atoms with Crippen LogP contribution in [0.2, 0.25) is 5.02 Å². The van der Waals surface area contributed by atoms with Crippen LogP contribution >= 0.6 is 59.4 Å². The van der Waals surface area contributed by atoms with Gasteiger partial charge >= 0.3 is 5.69 Å². The lowest BCUT2D eigenvalue weighted by molar-refractivity contribution is -0.385. The molecule has 0 radical (unpaired) electrons. The van der Waals surface area contributed by atoms with E-state index in [1.54, 1.807) is 12.1 Å². The minimum Gasteiger partial charge on any atom is -0.481 e. The molecule has 0 saturated carbocycles. The third kappa shape index (κ3) is 6.17. The molecule has 196 valence electrons. The van der Waals surface area contributed by atoms with Gasteiger partial charge in [0, 0.05) is 41.0 Å². The lowest BCUT2D eigenvalue weighted by Gasteiger charge is -2.21. The predicted molar refractivity (Wildman–Crippen MR) is 160 cm³/mol. The van der Waals surface area contributed by atoms with Crippen LogP contribution in [0.15, 0.2) is 71.8 Å². The molecule has 8 nitrogen and oxygen atoms in total. The van der Waals surface area contributed by atoms with E-state index in [1.807, 2.05) is 45.0 Å². The molecule has 0 fully saturated rings. The average molecular weight is 728 g/mol. The van der Waals surface area contributed by atoms with Gasteiger partial charge in [-0.25, -0.2) is 4.98 Å². The van der Waals surface area contributed by atoms with E-state index in [0.29, 0.717) is 16.7 Å². The fourth-order valence-electron chi connectivity index (χ4n) is 3.64. The summed E-state index contributed by atoms with van der Waals surface area (Å²) in [5.41, 5.74) is 0.309. The van der Waals surface area contributed by atoms with Crippen molar-refractivity contribution in [3.63, 3.8) is 0 Å². The molecule has 0 aliphatic heterocycles. The number of nitro benzene ring substituents is 1. The minimum absolute atomic E-state index is 0.0279. The van der Waals surface area contributed by atoms with Crippen LogP contribution < -0.4 is 10.3 Å². The highest BCUT2D eigenvalue weighted by atomic mass is 79.9. The molecule has 0 N–H and O–H groups in total. The first-order chi connectivity index (χ1) is 17.8. The molecule has 4 aromatic rings. The highest BCUT2D eigenvalue weighted by molar-refractivity contribution is 9.11. The largest absolute Gasteiger partial charge is 0.481 e. The number of nitrogens with zero attached hydrogens (tertiary/aromatic N) is 4. The second-order valence-corrected chi connectivity index (χ2v) is 12.5. The standard InChI is InChI=1S/C26H20Br3ClN4O4/c1-26(2,3)25-32-21-7-6-16(27)9-19(21)24(35)33(25)31-12-15-8-18(30)11-22(34(36)37)23(15)38-13-14-4-5-17(28)10-20(14)29/h4-12H,13H2,1-3H3. The smallest absolute Gasteiger partial charge is 0.313 e. The van der Waals surface area contributed by atoms with Crippen molar-refractivity contribution >= 4 is 82.2 Å². The topological polar surface area (TPSA) is 99.6 Å². The molecule has 12 heteroatoms. The number of ether oxygens (including phenoxy) is 1. The molecular formula is C26H20Br3ClN4O4. The summed E-state index contributed by atoms with van der Waals surface area (Å²) in [4.78, 5) is 29.5. The van der Waals surface area contributed by atoms with Gasteiger partial charge in [0.05, 0.1) is 22.0 Å². The normalized spacial score (nSPS) is 11.9. The summed E-state index contributed by atoms with van der Waals surface area (Å²) in [6.45, 7) is 5.79. The summed E-state index contributed by atoms with van der Waals surface area (Å²) >= 11 is 16.5. The maximum atomic E-state index is 13.5. The van der Waals surface area contributed by atoms with Crippen LogP contribution in [0.4, 0.5) is 5.69 Å². The van der Waals surface area contributed by atoms with Crippen LogP contribution in [0, 0.1) is 10.1 Å². The third-order valence-corrected chi connectivity index (χ3v) is 7.38. The number of nitro groups is 1. The molecule has 1 heterocycles. The number of aromatic nitrogens is 2. The Morgan fingerprint density at radius 3 is 2.45 bits per heavy atom. The van der Waals surface area contributed by atoms with Crippen molar-refractivity contribution in [1.29, 1.82) is 0 Å². The number of halogens is 4. The molecule has 0 saturated heterocycles. The van der Waals surface area contributed by atoms with Crippen LogP contribution in [0.25, 0.3) is 10.9 Å². The number of rotatable bonds is 6. The molecular weight excluding hydrogens is 707 g/mol. The highest BCUT2D eigenvalue weighted by Gasteiger charge is 2.24. The molecule has 0 aliphatic carbocycles. The first-order valence-electron chi connectivity index (χ1n) is 11.2. The van der Waals surface area contributed by atoms with Gasteiger partial charge in [0.15, 0.2) is 0 Å².